The summed E-state index contributed by atoms with van der Waals surface area (Å²) in [6.45, 7) is 5.78. The van der Waals surface area contributed by atoms with Gasteiger partial charge in [0.05, 0.1) is 21.5 Å². The van der Waals surface area contributed by atoms with E-state index in [1.165, 1.54) is 0 Å². The molecule has 1 aliphatic carbocycles. The fourth-order valence-corrected chi connectivity index (χ4v) is 3.66. The Morgan fingerprint density at radius 2 is 2.10 bits per heavy atom. The Bertz CT molecular complexity index is 450. The first kappa shape index (κ1) is 16.0. The number of nitrogens with one attached hydrogen (secondary N) is 1. The highest BCUT2D eigenvalue weighted by Crippen LogP contribution is 2.31. The molecule has 0 saturated heterocycles. The molecule has 2 rings (SSSR count). The fourth-order valence-electron chi connectivity index (χ4n) is 2.90. The fraction of sp³-hybridized carbons (Fsp3) is 0.800. The van der Waals surface area contributed by atoms with Gasteiger partial charge in [0.2, 0.25) is 0 Å². The van der Waals surface area contributed by atoms with Gasteiger partial charge in [-0.1, -0.05) is 13.8 Å². The van der Waals surface area contributed by atoms with Crippen LogP contribution in [-0.2, 0) is 20.0 Å². The quantitative estimate of drug-likeness (QED) is 0.864. The first-order chi connectivity index (χ1) is 9.45. The van der Waals surface area contributed by atoms with Crippen LogP contribution in [0.2, 0.25) is 0 Å². The van der Waals surface area contributed by atoms with Gasteiger partial charge in [-0.3, -0.25) is 4.68 Å². The molecule has 1 aromatic heterocycles. The topological polar surface area (TPSA) is 50.1 Å². The number of hydrogen-bond donors (Lipinski definition) is 2. The number of aryl methyl sites for hydroxylation is 2. The molecule has 0 atom stereocenters. The Hall–Kier alpha value is -0.390. The lowest BCUT2D eigenvalue weighted by Crippen LogP contribution is -2.43. The van der Waals surface area contributed by atoms with E-state index in [9.17, 15) is 5.11 Å². The van der Waals surface area contributed by atoms with E-state index in [0.717, 1.165) is 60.4 Å². The van der Waals surface area contributed by atoms with Crippen LogP contribution in [0.4, 0.5) is 0 Å². The molecule has 1 fully saturated rings. The minimum absolute atomic E-state index is 0.523. The van der Waals surface area contributed by atoms with Gasteiger partial charge in [0.15, 0.2) is 0 Å². The molecule has 1 heterocycles. The zero-order valence-electron chi connectivity index (χ0n) is 12.7. The van der Waals surface area contributed by atoms with E-state index in [0.29, 0.717) is 6.54 Å². The van der Waals surface area contributed by atoms with E-state index >= 15 is 0 Å². The lowest BCUT2D eigenvalue weighted by atomic mass is 9.79. The summed E-state index contributed by atoms with van der Waals surface area (Å²) in [4.78, 5) is 0. The lowest BCUT2D eigenvalue weighted by molar-refractivity contribution is -0.00641. The Morgan fingerprint density at radius 1 is 1.45 bits per heavy atom. The van der Waals surface area contributed by atoms with Crippen molar-refractivity contribution in [3.63, 3.8) is 0 Å². The van der Waals surface area contributed by atoms with Crippen molar-refractivity contribution >= 4 is 15.9 Å². The number of hydrogen-bond acceptors (Lipinski definition) is 3. The van der Waals surface area contributed by atoms with Gasteiger partial charge in [-0.15, -0.1) is 0 Å². The standard InChI is InChI=1S/C15H26BrN3O/c1-4-12-14(16)13(19(3)18-12)9-17-10-15(20)7-5-11(2)6-8-15/h11,17,20H,4-10H2,1-3H3. The van der Waals surface area contributed by atoms with Gasteiger partial charge < -0.3 is 10.4 Å². The summed E-state index contributed by atoms with van der Waals surface area (Å²) in [5.74, 6) is 0.758. The molecular formula is C15H26BrN3O. The van der Waals surface area contributed by atoms with Crippen LogP contribution in [0, 0.1) is 5.92 Å². The van der Waals surface area contributed by atoms with Crippen molar-refractivity contribution in [3.8, 4) is 0 Å². The molecule has 1 saturated carbocycles. The van der Waals surface area contributed by atoms with Gasteiger partial charge in [-0.2, -0.15) is 5.10 Å². The van der Waals surface area contributed by atoms with Crippen molar-refractivity contribution in [2.75, 3.05) is 6.54 Å². The van der Waals surface area contributed by atoms with E-state index in [-0.39, 0.29) is 0 Å². The molecule has 0 spiro atoms. The van der Waals surface area contributed by atoms with Crippen molar-refractivity contribution in [3.05, 3.63) is 15.9 Å². The maximum atomic E-state index is 10.6. The number of rotatable bonds is 5. The highest BCUT2D eigenvalue weighted by Gasteiger charge is 2.31. The van der Waals surface area contributed by atoms with Crippen LogP contribution in [0.25, 0.3) is 0 Å². The minimum atomic E-state index is -0.523. The predicted molar refractivity (Wildman–Crippen MR) is 84.6 cm³/mol. The highest BCUT2D eigenvalue weighted by atomic mass is 79.9. The maximum absolute atomic E-state index is 10.6. The second kappa shape index (κ2) is 6.58. The molecule has 0 radical (unpaired) electrons. The third-order valence-corrected chi connectivity index (χ3v) is 5.37. The third kappa shape index (κ3) is 3.62. The number of nitrogens with zero attached hydrogens (tertiary/aromatic N) is 2. The molecule has 0 unspecified atom stereocenters. The maximum Gasteiger partial charge on any atom is 0.0771 e. The van der Waals surface area contributed by atoms with Crippen LogP contribution in [-0.4, -0.2) is 27.0 Å². The molecule has 0 bridgehead atoms. The van der Waals surface area contributed by atoms with Crippen LogP contribution in [0.1, 0.15) is 50.9 Å². The van der Waals surface area contributed by atoms with Crippen LogP contribution in [0.15, 0.2) is 4.47 Å². The van der Waals surface area contributed by atoms with Gasteiger partial charge in [0, 0.05) is 20.1 Å². The minimum Gasteiger partial charge on any atom is -0.389 e. The molecule has 20 heavy (non-hydrogen) atoms. The summed E-state index contributed by atoms with van der Waals surface area (Å²) in [5, 5.41) is 18.5. The molecule has 114 valence electrons. The Balaban J connectivity index is 1.88. The highest BCUT2D eigenvalue weighted by molar-refractivity contribution is 9.10. The number of aliphatic hydroxyl groups is 1. The van der Waals surface area contributed by atoms with Gasteiger partial charge in [-0.25, -0.2) is 0 Å². The van der Waals surface area contributed by atoms with Crippen molar-refractivity contribution in [1.82, 2.24) is 15.1 Å². The van der Waals surface area contributed by atoms with Crippen LogP contribution in [0.5, 0.6) is 0 Å². The predicted octanol–water partition coefficient (Wildman–Crippen LogP) is 2.78. The smallest absolute Gasteiger partial charge is 0.0771 e. The van der Waals surface area contributed by atoms with Gasteiger partial charge in [0.25, 0.3) is 0 Å². The summed E-state index contributed by atoms with van der Waals surface area (Å²) >= 11 is 3.62. The van der Waals surface area contributed by atoms with E-state index < -0.39 is 5.60 Å². The summed E-state index contributed by atoms with van der Waals surface area (Å²) in [6.07, 6.45) is 5.01. The Morgan fingerprint density at radius 3 is 2.65 bits per heavy atom. The van der Waals surface area contributed by atoms with Crippen LogP contribution in [0.3, 0.4) is 0 Å². The molecule has 1 aliphatic rings. The first-order valence-electron chi connectivity index (χ1n) is 7.58. The Kier molecular flexibility index (Phi) is 5.26. The normalized spacial score (nSPS) is 26.9. The Labute approximate surface area is 130 Å². The van der Waals surface area contributed by atoms with Gasteiger partial charge in [-0.05, 0) is 54.0 Å². The molecule has 0 amide bonds. The summed E-state index contributed by atoms with van der Waals surface area (Å²) in [6, 6.07) is 0. The number of halogens is 1. The monoisotopic (exact) mass is 343 g/mol. The molecule has 2 N–H and O–H groups in total. The molecule has 1 aromatic rings. The largest absolute Gasteiger partial charge is 0.389 e. The van der Waals surface area contributed by atoms with E-state index in [4.69, 9.17) is 0 Å². The second-order valence-corrected chi connectivity index (χ2v) is 6.99. The third-order valence-electron chi connectivity index (χ3n) is 4.45. The van der Waals surface area contributed by atoms with Crippen molar-refractivity contribution in [1.29, 1.82) is 0 Å². The zero-order valence-corrected chi connectivity index (χ0v) is 14.3. The van der Waals surface area contributed by atoms with E-state index in [1.54, 1.807) is 0 Å². The molecule has 0 aliphatic heterocycles. The molecule has 0 aromatic carbocycles. The molecule has 5 heteroatoms. The first-order valence-corrected chi connectivity index (χ1v) is 8.38. The van der Waals surface area contributed by atoms with Crippen molar-refractivity contribution in [2.24, 2.45) is 13.0 Å². The van der Waals surface area contributed by atoms with Crippen molar-refractivity contribution in [2.45, 2.75) is 58.1 Å². The average Bonchev–Trinajstić information content (AvgIpc) is 2.70. The second-order valence-electron chi connectivity index (χ2n) is 6.19. The van der Waals surface area contributed by atoms with Gasteiger partial charge >= 0.3 is 0 Å². The number of aromatic nitrogens is 2. The van der Waals surface area contributed by atoms with Gasteiger partial charge in [0.1, 0.15) is 0 Å². The molecule has 4 nitrogen and oxygen atoms in total. The zero-order chi connectivity index (χ0) is 14.8. The van der Waals surface area contributed by atoms with E-state index in [2.05, 4.69) is 40.2 Å². The van der Waals surface area contributed by atoms with Crippen LogP contribution < -0.4 is 5.32 Å². The van der Waals surface area contributed by atoms with Crippen molar-refractivity contribution < 1.29 is 5.11 Å². The van der Waals surface area contributed by atoms with E-state index in [1.807, 2.05) is 11.7 Å². The summed E-state index contributed by atoms with van der Waals surface area (Å²) in [5.41, 5.74) is 1.72. The summed E-state index contributed by atoms with van der Waals surface area (Å²) < 4.78 is 3.02. The lowest BCUT2D eigenvalue weighted by Gasteiger charge is -2.35. The average molecular weight is 344 g/mol. The van der Waals surface area contributed by atoms with Crippen LogP contribution >= 0.6 is 15.9 Å². The molecular weight excluding hydrogens is 318 g/mol. The SMILES string of the molecule is CCc1nn(C)c(CNCC2(O)CCC(C)CC2)c1Br. The summed E-state index contributed by atoms with van der Waals surface area (Å²) in [7, 11) is 1.97.